The average molecular weight is 287 g/mol. The smallest absolute Gasteiger partial charge is 0.267 e. The molecule has 0 radical (unpaired) electrons. The maximum atomic E-state index is 12.3. The molecule has 3 rings (SSSR count). The summed E-state index contributed by atoms with van der Waals surface area (Å²) in [6, 6.07) is 5.84. The van der Waals surface area contributed by atoms with Gasteiger partial charge in [-0.25, -0.2) is 4.98 Å². The van der Waals surface area contributed by atoms with E-state index in [1.54, 1.807) is 6.20 Å². The van der Waals surface area contributed by atoms with Gasteiger partial charge in [0.15, 0.2) is 0 Å². The molecule has 0 spiro atoms. The Labute approximate surface area is 122 Å². The van der Waals surface area contributed by atoms with Gasteiger partial charge in [0.05, 0.1) is 16.8 Å². The zero-order valence-corrected chi connectivity index (χ0v) is 12.4. The van der Waals surface area contributed by atoms with Gasteiger partial charge in [0.2, 0.25) is 0 Å². The Morgan fingerprint density at radius 3 is 2.75 bits per heavy atom. The maximum Gasteiger partial charge on any atom is 0.267 e. The van der Waals surface area contributed by atoms with Crippen molar-refractivity contribution in [3.8, 4) is 0 Å². The van der Waals surface area contributed by atoms with Crippen LogP contribution in [-0.4, -0.2) is 25.0 Å². The molecule has 0 atom stereocenters. The fourth-order valence-electron chi connectivity index (χ4n) is 2.12. The fraction of sp³-hybridized carbons (Fsp3) is 0.333. The van der Waals surface area contributed by atoms with Crippen molar-refractivity contribution in [3.63, 3.8) is 0 Å². The van der Waals surface area contributed by atoms with Gasteiger partial charge in [-0.3, -0.25) is 4.79 Å². The van der Waals surface area contributed by atoms with E-state index in [0.29, 0.717) is 11.7 Å². The van der Waals surface area contributed by atoms with Gasteiger partial charge in [0.1, 0.15) is 5.82 Å². The lowest BCUT2D eigenvalue weighted by Gasteiger charge is -2.12. The van der Waals surface area contributed by atoms with Crippen LogP contribution in [0.3, 0.4) is 0 Å². The second-order valence-electron chi connectivity index (χ2n) is 5.23. The fourth-order valence-corrected chi connectivity index (χ4v) is 3.00. The number of nitrogens with zero attached hydrogens (tertiary/aromatic N) is 2. The van der Waals surface area contributed by atoms with E-state index in [9.17, 15) is 4.79 Å². The minimum atomic E-state index is -0.0491. The lowest BCUT2D eigenvalue weighted by molar-refractivity contribution is 0.102. The Hall–Kier alpha value is -1.88. The number of carbonyl (C=O) groups is 1. The van der Waals surface area contributed by atoms with E-state index in [0.717, 1.165) is 10.6 Å². The summed E-state index contributed by atoms with van der Waals surface area (Å²) in [7, 11) is 3.92. The van der Waals surface area contributed by atoms with Crippen LogP contribution in [0, 0.1) is 0 Å². The van der Waals surface area contributed by atoms with Crippen molar-refractivity contribution in [1.29, 1.82) is 0 Å². The molecule has 20 heavy (non-hydrogen) atoms. The highest BCUT2D eigenvalue weighted by molar-refractivity contribution is 7.12. The number of aromatic nitrogens is 1. The number of carbonyl (C=O) groups excluding carboxylic acids is 1. The summed E-state index contributed by atoms with van der Waals surface area (Å²) < 4.78 is 0. The van der Waals surface area contributed by atoms with Crippen LogP contribution in [0.2, 0.25) is 0 Å². The molecule has 5 heteroatoms. The van der Waals surface area contributed by atoms with E-state index < -0.39 is 0 Å². The van der Waals surface area contributed by atoms with Gasteiger partial charge in [-0.15, -0.1) is 11.3 Å². The van der Waals surface area contributed by atoms with Gasteiger partial charge in [0, 0.05) is 14.1 Å². The van der Waals surface area contributed by atoms with Crippen LogP contribution in [-0.2, 0) is 0 Å². The van der Waals surface area contributed by atoms with Crippen molar-refractivity contribution < 1.29 is 4.79 Å². The van der Waals surface area contributed by atoms with Gasteiger partial charge >= 0.3 is 0 Å². The molecule has 1 fully saturated rings. The number of hydrogen-bond acceptors (Lipinski definition) is 4. The normalized spacial score (nSPS) is 14.1. The Morgan fingerprint density at radius 2 is 2.15 bits per heavy atom. The van der Waals surface area contributed by atoms with E-state index in [1.807, 2.05) is 36.5 Å². The van der Waals surface area contributed by atoms with Crippen LogP contribution in [0.15, 0.2) is 29.8 Å². The molecule has 1 aliphatic rings. The van der Waals surface area contributed by atoms with Gasteiger partial charge < -0.3 is 10.2 Å². The first kappa shape index (κ1) is 13.1. The van der Waals surface area contributed by atoms with Crippen molar-refractivity contribution in [1.82, 2.24) is 4.98 Å². The lowest BCUT2D eigenvalue weighted by Crippen LogP contribution is -2.14. The lowest BCUT2D eigenvalue weighted by atomic mass is 10.1. The number of rotatable bonds is 4. The summed E-state index contributed by atoms with van der Waals surface area (Å²) in [5.41, 5.74) is 2.20. The van der Waals surface area contributed by atoms with Crippen LogP contribution < -0.4 is 10.2 Å². The summed E-state index contributed by atoms with van der Waals surface area (Å²) in [6.07, 6.45) is 4.16. The molecule has 104 valence electrons. The third-order valence-electron chi connectivity index (χ3n) is 3.42. The molecule has 0 aliphatic heterocycles. The first-order valence-corrected chi connectivity index (χ1v) is 7.55. The summed E-state index contributed by atoms with van der Waals surface area (Å²) in [4.78, 5) is 19.4. The quantitative estimate of drug-likeness (QED) is 0.938. The Balaban J connectivity index is 1.73. The molecule has 1 amide bonds. The zero-order valence-electron chi connectivity index (χ0n) is 11.6. The summed E-state index contributed by atoms with van der Waals surface area (Å²) in [5.74, 6) is 1.13. The van der Waals surface area contributed by atoms with Gasteiger partial charge in [-0.05, 0) is 47.9 Å². The molecule has 0 aromatic carbocycles. The third-order valence-corrected chi connectivity index (χ3v) is 4.35. The number of pyridine rings is 1. The van der Waals surface area contributed by atoms with Crippen molar-refractivity contribution in [2.24, 2.45) is 0 Å². The monoisotopic (exact) mass is 287 g/mol. The van der Waals surface area contributed by atoms with Crippen LogP contribution in [0.5, 0.6) is 0 Å². The van der Waals surface area contributed by atoms with E-state index in [2.05, 4.69) is 16.4 Å². The number of thiophene rings is 1. The number of amides is 1. The number of anilines is 2. The highest BCUT2D eigenvalue weighted by atomic mass is 32.1. The van der Waals surface area contributed by atoms with Gasteiger partial charge in [0.25, 0.3) is 5.91 Å². The van der Waals surface area contributed by atoms with E-state index >= 15 is 0 Å². The molecule has 0 bridgehead atoms. The molecule has 1 aliphatic carbocycles. The zero-order chi connectivity index (χ0) is 14.1. The van der Waals surface area contributed by atoms with E-state index in [-0.39, 0.29) is 5.91 Å². The predicted octanol–water partition coefficient (Wildman–Crippen LogP) is 3.34. The van der Waals surface area contributed by atoms with Crippen LogP contribution >= 0.6 is 11.3 Å². The molecule has 0 unspecified atom stereocenters. The van der Waals surface area contributed by atoms with Crippen LogP contribution in [0.25, 0.3) is 0 Å². The highest BCUT2D eigenvalue weighted by Gasteiger charge is 2.28. The largest absolute Gasteiger partial charge is 0.376 e. The van der Waals surface area contributed by atoms with Crippen molar-refractivity contribution in [3.05, 3.63) is 40.2 Å². The molecule has 1 N–H and O–H groups in total. The standard InChI is InChI=1S/C15H17N3OS/c1-18(2)11-5-6-13(16-9-11)17-15(19)14-12(7-8-20-14)10-3-4-10/h5-10H,3-4H2,1-2H3,(H,16,17,19). The van der Waals surface area contributed by atoms with Gasteiger partial charge in [-0.2, -0.15) is 0 Å². The Morgan fingerprint density at radius 1 is 1.35 bits per heavy atom. The summed E-state index contributed by atoms with van der Waals surface area (Å²) in [6.45, 7) is 0. The second-order valence-corrected chi connectivity index (χ2v) is 6.15. The van der Waals surface area contributed by atoms with E-state index in [4.69, 9.17) is 0 Å². The second kappa shape index (κ2) is 5.25. The molecule has 4 nitrogen and oxygen atoms in total. The summed E-state index contributed by atoms with van der Waals surface area (Å²) in [5, 5.41) is 4.87. The van der Waals surface area contributed by atoms with Crippen LogP contribution in [0.4, 0.5) is 11.5 Å². The first-order chi connectivity index (χ1) is 9.65. The van der Waals surface area contributed by atoms with Crippen molar-refractivity contribution in [2.45, 2.75) is 18.8 Å². The number of nitrogens with one attached hydrogen (secondary N) is 1. The van der Waals surface area contributed by atoms with Crippen molar-refractivity contribution >= 4 is 28.7 Å². The SMILES string of the molecule is CN(C)c1ccc(NC(=O)c2sccc2C2CC2)nc1. The summed E-state index contributed by atoms with van der Waals surface area (Å²) >= 11 is 1.51. The van der Waals surface area contributed by atoms with Crippen molar-refractivity contribution in [2.75, 3.05) is 24.3 Å². The first-order valence-electron chi connectivity index (χ1n) is 6.67. The minimum Gasteiger partial charge on any atom is -0.376 e. The molecule has 2 aromatic rings. The minimum absolute atomic E-state index is 0.0491. The Kier molecular flexibility index (Phi) is 3.44. The molecule has 0 saturated heterocycles. The molecular weight excluding hydrogens is 270 g/mol. The molecule has 2 aromatic heterocycles. The van der Waals surface area contributed by atoms with Crippen LogP contribution in [0.1, 0.15) is 34.0 Å². The Bertz CT molecular complexity index is 614. The topological polar surface area (TPSA) is 45.2 Å². The highest BCUT2D eigenvalue weighted by Crippen LogP contribution is 2.43. The predicted molar refractivity (Wildman–Crippen MR) is 82.8 cm³/mol. The molecule has 2 heterocycles. The molecule has 1 saturated carbocycles. The average Bonchev–Trinajstić information content (AvgIpc) is 3.16. The molecular formula is C15H17N3OS. The number of hydrogen-bond donors (Lipinski definition) is 1. The maximum absolute atomic E-state index is 12.3. The van der Waals surface area contributed by atoms with Gasteiger partial charge in [-0.1, -0.05) is 0 Å². The van der Waals surface area contributed by atoms with E-state index in [1.165, 1.54) is 29.7 Å². The third kappa shape index (κ3) is 2.67.